The van der Waals surface area contributed by atoms with E-state index in [4.69, 9.17) is 4.74 Å². The van der Waals surface area contributed by atoms with Crippen LogP contribution in [-0.4, -0.2) is 25.0 Å². The molecule has 5 heteroatoms. The molecular weight excluding hydrogens is 346 g/mol. The van der Waals surface area contributed by atoms with E-state index in [2.05, 4.69) is 15.9 Å². The van der Waals surface area contributed by atoms with E-state index in [0.717, 1.165) is 26.5 Å². The zero-order valence-electron chi connectivity index (χ0n) is 12.3. The molecule has 0 bridgehead atoms. The Hall–Kier alpha value is -1.88. The van der Waals surface area contributed by atoms with Crippen molar-refractivity contribution in [1.82, 2.24) is 0 Å². The molecular formula is C17H16BrNO3. The SMILES string of the molecule is CCOC(=O)CCCN1C(=O)c2ccc(Br)c3cccc1c23. The molecule has 0 fully saturated rings. The van der Waals surface area contributed by atoms with Gasteiger partial charge in [-0.15, -0.1) is 0 Å². The van der Waals surface area contributed by atoms with Crippen molar-refractivity contribution in [2.75, 3.05) is 18.1 Å². The second-order valence-electron chi connectivity index (χ2n) is 5.16. The van der Waals surface area contributed by atoms with Gasteiger partial charge in [-0.05, 0) is 36.9 Å². The van der Waals surface area contributed by atoms with Gasteiger partial charge in [0.15, 0.2) is 0 Å². The third kappa shape index (κ3) is 2.50. The van der Waals surface area contributed by atoms with Crippen LogP contribution in [0.1, 0.15) is 30.1 Å². The van der Waals surface area contributed by atoms with Crippen molar-refractivity contribution in [2.24, 2.45) is 0 Å². The Morgan fingerprint density at radius 1 is 1.27 bits per heavy atom. The quantitative estimate of drug-likeness (QED) is 0.758. The van der Waals surface area contributed by atoms with Crippen LogP contribution >= 0.6 is 15.9 Å². The summed E-state index contributed by atoms with van der Waals surface area (Å²) in [7, 11) is 0. The number of esters is 1. The van der Waals surface area contributed by atoms with Crippen molar-refractivity contribution < 1.29 is 14.3 Å². The van der Waals surface area contributed by atoms with E-state index in [1.165, 1.54) is 0 Å². The summed E-state index contributed by atoms with van der Waals surface area (Å²) in [5.41, 5.74) is 1.65. The number of rotatable bonds is 5. The highest BCUT2D eigenvalue weighted by Gasteiger charge is 2.29. The fourth-order valence-corrected chi connectivity index (χ4v) is 3.31. The maximum atomic E-state index is 12.6. The number of hydrogen-bond donors (Lipinski definition) is 0. The zero-order chi connectivity index (χ0) is 15.7. The van der Waals surface area contributed by atoms with Gasteiger partial charge in [0, 0.05) is 28.4 Å². The van der Waals surface area contributed by atoms with Gasteiger partial charge in [0.1, 0.15) is 0 Å². The van der Waals surface area contributed by atoms with E-state index in [0.29, 0.717) is 26.0 Å². The standard InChI is InChI=1S/C17H16BrNO3/c1-2-22-15(20)7-4-10-19-14-6-3-5-11-13(18)9-8-12(16(11)14)17(19)21/h3,5-6,8-9H,2,4,7,10H2,1H3. The first-order valence-electron chi connectivity index (χ1n) is 7.32. The minimum atomic E-state index is -0.215. The van der Waals surface area contributed by atoms with Gasteiger partial charge in [0.25, 0.3) is 5.91 Å². The van der Waals surface area contributed by atoms with Crippen LogP contribution in [0.25, 0.3) is 10.8 Å². The average molecular weight is 362 g/mol. The Labute approximate surface area is 137 Å². The van der Waals surface area contributed by atoms with Gasteiger partial charge in [-0.25, -0.2) is 0 Å². The largest absolute Gasteiger partial charge is 0.466 e. The molecule has 0 atom stereocenters. The lowest BCUT2D eigenvalue weighted by atomic mass is 10.1. The Bertz CT molecular complexity index is 757. The molecule has 2 aromatic rings. The summed E-state index contributed by atoms with van der Waals surface area (Å²) in [6.07, 6.45) is 0.920. The number of benzene rings is 2. The van der Waals surface area contributed by atoms with Crippen LogP contribution in [0.15, 0.2) is 34.8 Å². The number of carbonyl (C=O) groups excluding carboxylic acids is 2. The fourth-order valence-electron chi connectivity index (χ4n) is 2.85. The summed E-state index contributed by atoms with van der Waals surface area (Å²) in [6, 6.07) is 9.66. The maximum Gasteiger partial charge on any atom is 0.305 e. The van der Waals surface area contributed by atoms with Gasteiger partial charge in [0.2, 0.25) is 0 Å². The van der Waals surface area contributed by atoms with E-state index < -0.39 is 0 Å². The third-order valence-corrected chi connectivity index (χ3v) is 4.49. The summed E-state index contributed by atoms with van der Waals surface area (Å²) >= 11 is 3.53. The molecule has 0 saturated heterocycles. The first kappa shape index (κ1) is 15.0. The van der Waals surface area contributed by atoms with Crippen molar-refractivity contribution in [2.45, 2.75) is 19.8 Å². The molecule has 0 aliphatic carbocycles. The molecule has 22 heavy (non-hydrogen) atoms. The van der Waals surface area contributed by atoms with E-state index in [1.54, 1.807) is 11.8 Å². The number of halogens is 1. The minimum absolute atomic E-state index is 0.00237. The number of ether oxygens (including phenoxy) is 1. The van der Waals surface area contributed by atoms with Crippen molar-refractivity contribution in [1.29, 1.82) is 0 Å². The fraction of sp³-hybridized carbons (Fsp3) is 0.294. The second-order valence-corrected chi connectivity index (χ2v) is 6.01. The number of amides is 1. The highest BCUT2D eigenvalue weighted by Crippen LogP contribution is 2.40. The lowest BCUT2D eigenvalue weighted by Crippen LogP contribution is -2.28. The maximum absolute atomic E-state index is 12.6. The van der Waals surface area contributed by atoms with Crippen LogP contribution in [0.2, 0.25) is 0 Å². The van der Waals surface area contributed by atoms with Crippen molar-refractivity contribution >= 4 is 44.3 Å². The lowest BCUT2D eigenvalue weighted by Gasteiger charge is -2.17. The summed E-state index contributed by atoms with van der Waals surface area (Å²) in [5, 5.41) is 2.02. The van der Waals surface area contributed by atoms with Gasteiger partial charge in [-0.1, -0.05) is 28.1 Å². The Kier molecular flexibility index (Phi) is 4.16. The molecule has 3 rings (SSSR count). The predicted octanol–water partition coefficient (Wildman–Crippen LogP) is 3.91. The monoisotopic (exact) mass is 361 g/mol. The van der Waals surface area contributed by atoms with Gasteiger partial charge in [0.05, 0.1) is 12.3 Å². The molecule has 4 nitrogen and oxygen atoms in total. The topological polar surface area (TPSA) is 46.6 Å². The molecule has 0 unspecified atom stereocenters. The van der Waals surface area contributed by atoms with Crippen LogP contribution in [0.5, 0.6) is 0 Å². The Balaban J connectivity index is 1.84. The van der Waals surface area contributed by atoms with Crippen molar-refractivity contribution in [3.05, 3.63) is 40.4 Å². The molecule has 1 aliphatic heterocycles. The normalized spacial score (nSPS) is 13.0. The molecule has 1 aliphatic rings. The summed E-state index contributed by atoms with van der Waals surface area (Å²) < 4.78 is 5.90. The van der Waals surface area contributed by atoms with E-state index in [9.17, 15) is 9.59 Å². The second kappa shape index (κ2) is 6.08. The van der Waals surface area contributed by atoms with Gasteiger partial charge in [-0.2, -0.15) is 0 Å². The number of hydrogen-bond acceptors (Lipinski definition) is 3. The van der Waals surface area contributed by atoms with Crippen LogP contribution in [0.4, 0.5) is 5.69 Å². The lowest BCUT2D eigenvalue weighted by molar-refractivity contribution is -0.143. The van der Waals surface area contributed by atoms with Gasteiger partial charge < -0.3 is 9.64 Å². The minimum Gasteiger partial charge on any atom is -0.466 e. The highest BCUT2D eigenvalue weighted by molar-refractivity contribution is 9.10. The molecule has 0 spiro atoms. The molecule has 0 saturated carbocycles. The highest BCUT2D eigenvalue weighted by atomic mass is 79.9. The first-order chi connectivity index (χ1) is 10.6. The zero-order valence-corrected chi connectivity index (χ0v) is 13.9. The molecule has 0 radical (unpaired) electrons. The average Bonchev–Trinajstić information content (AvgIpc) is 2.78. The van der Waals surface area contributed by atoms with Crippen molar-refractivity contribution in [3.63, 3.8) is 0 Å². The van der Waals surface area contributed by atoms with E-state index in [1.807, 2.05) is 30.3 Å². The van der Waals surface area contributed by atoms with E-state index >= 15 is 0 Å². The molecule has 1 heterocycles. The van der Waals surface area contributed by atoms with Crippen LogP contribution in [0.3, 0.4) is 0 Å². The number of carbonyl (C=O) groups is 2. The van der Waals surface area contributed by atoms with Crippen LogP contribution in [-0.2, 0) is 9.53 Å². The van der Waals surface area contributed by atoms with Crippen molar-refractivity contribution in [3.8, 4) is 0 Å². The summed E-state index contributed by atoms with van der Waals surface area (Å²) in [5.74, 6) is -0.213. The number of nitrogens with zero attached hydrogens (tertiary/aromatic N) is 1. The Morgan fingerprint density at radius 2 is 2.09 bits per heavy atom. The van der Waals surface area contributed by atoms with Gasteiger partial charge in [-0.3, -0.25) is 9.59 Å². The van der Waals surface area contributed by atoms with Crippen LogP contribution < -0.4 is 4.90 Å². The third-order valence-electron chi connectivity index (χ3n) is 3.80. The smallest absolute Gasteiger partial charge is 0.305 e. The molecule has 1 amide bonds. The molecule has 0 N–H and O–H groups in total. The summed E-state index contributed by atoms with van der Waals surface area (Å²) in [6.45, 7) is 2.69. The first-order valence-corrected chi connectivity index (χ1v) is 8.11. The Morgan fingerprint density at radius 3 is 2.86 bits per heavy atom. The molecule has 2 aromatic carbocycles. The molecule has 114 valence electrons. The van der Waals surface area contributed by atoms with Crippen LogP contribution in [0, 0.1) is 0 Å². The summed E-state index contributed by atoms with van der Waals surface area (Å²) in [4.78, 5) is 25.8. The number of anilines is 1. The van der Waals surface area contributed by atoms with Gasteiger partial charge >= 0.3 is 5.97 Å². The molecule has 0 aromatic heterocycles. The van der Waals surface area contributed by atoms with E-state index in [-0.39, 0.29) is 11.9 Å². The predicted molar refractivity (Wildman–Crippen MR) is 89.2 cm³/mol.